The van der Waals surface area contributed by atoms with Crippen molar-refractivity contribution in [3.05, 3.63) is 59.2 Å². The van der Waals surface area contributed by atoms with Crippen molar-refractivity contribution in [1.82, 2.24) is 4.72 Å². The number of ether oxygens (including phenoxy) is 1. The molecule has 0 spiro atoms. The molecule has 0 heterocycles. The van der Waals surface area contributed by atoms with Crippen molar-refractivity contribution in [3.8, 4) is 5.75 Å². The zero-order valence-electron chi connectivity index (χ0n) is 13.1. The molecule has 0 saturated carbocycles. The van der Waals surface area contributed by atoms with E-state index in [9.17, 15) is 13.2 Å². The summed E-state index contributed by atoms with van der Waals surface area (Å²) in [6.07, 6.45) is 1.35. The average molecular weight is 333 g/mol. The summed E-state index contributed by atoms with van der Waals surface area (Å²) in [6, 6.07) is 11.9. The molecule has 0 bridgehead atoms. The van der Waals surface area contributed by atoms with Crippen molar-refractivity contribution >= 4 is 16.3 Å². The van der Waals surface area contributed by atoms with Crippen LogP contribution in [0.2, 0.25) is 0 Å². The van der Waals surface area contributed by atoms with Crippen molar-refractivity contribution in [2.45, 2.75) is 24.8 Å². The van der Waals surface area contributed by atoms with E-state index in [1.54, 1.807) is 36.4 Å². The third-order valence-corrected chi connectivity index (χ3v) is 5.05. The van der Waals surface area contributed by atoms with E-state index in [0.29, 0.717) is 17.7 Å². The normalized spacial score (nSPS) is 11.2. The number of rotatable bonds is 7. The fourth-order valence-corrected chi connectivity index (χ4v) is 3.39. The maximum atomic E-state index is 12.1. The van der Waals surface area contributed by atoms with Gasteiger partial charge in [-0.2, -0.15) is 0 Å². The summed E-state index contributed by atoms with van der Waals surface area (Å²) in [5.74, 6) is 0.625. The van der Waals surface area contributed by atoms with E-state index < -0.39 is 10.0 Å². The molecular weight excluding hydrogens is 314 g/mol. The van der Waals surface area contributed by atoms with Crippen molar-refractivity contribution in [1.29, 1.82) is 0 Å². The minimum Gasteiger partial charge on any atom is -0.489 e. The molecule has 122 valence electrons. The second-order valence-electron chi connectivity index (χ2n) is 4.93. The van der Waals surface area contributed by atoms with Crippen LogP contribution in [0, 0.1) is 0 Å². The van der Waals surface area contributed by atoms with Gasteiger partial charge in [0, 0.05) is 5.56 Å². The van der Waals surface area contributed by atoms with Crippen LogP contribution < -0.4 is 9.46 Å². The molecule has 0 aliphatic rings. The third-order valence-electron chi connectivity index (χ3n) is 3.55. The van der Waals surface area contributed by atoms with Gasteiger partial charge in [0.15, 0.2) is 0 Å². The van der Waals surface area contributed by atoms with Crippen molar-refractivity contribution in [2.75, 3.05) is 7.05 Å². The molecule has 5 nitrogen and oxygen atoms in total. The number of benzene rings is 2. The summed E-state index contributed by atoms with van der Waals surface area (Å²) in [5, 5.41) is 0. The van der Waals surface area contributed by atoms with Crippen LogP contribution in [0.4, 0.5) is 0 Å². The lowest BCUT2D eigenvalue weighted by Crippen LogP contribution is -2.21. The molecule has 0 saturated heterocycles. The monoisotopic (exact) mass is 333 g/mol. The Balaban J connectivity index is 2.25. The molecule has 0 aromatic heterocycles. The fourth-order valence-electron chi connectivity index (χ4n) is 2.31. The summed E-state index contributed by atoms with van der Waals surface area (Å²) in [4.78, 5) is 10.9. The Kier molecular flexibility index (Phi) is 5.52. The molecule has 0 atom stereocenters. The third kappa shape index (κ3) is 3.97. The fraction of sp³-hybridized carbons (Fsp3) is 0.235. The van der Waals surface area contributed by atoms with Crippen LogP contribution in [0.25, 0.3) is 0 Å². The zero-order chi connectivity index (χ0) is 16.9. The molecule has 0 aliphatic heterocycles. The highest BCUT2D eigenvalue weighted by atomic mass is 32.2. The van der Waals surface area contributed by atoms with E-state index in [1.807, 2.05) is 13.0 Å². The maximum Gasteiger partial charge on any atom is 0.240 e. The molecule has 0 radical (unpaired) electrons. The highest BCUT2D eigenvalue weighted by Crippen LogP contribution is 2.22. The average Bonchev–Trinajstić information content (AvgIpc) is 2.59. The number of hydrogen-bond donors (Lipinski definition) is 1. The van der Waals surface area contributed by atoms with Gasteiger partial charge in [-0.15, -0.1) is 0 Å². The van der Waals surface area contributed by atoms with Crippen LogP contribution in [0.3, 0.4) is 0 Å². The van der Waals surface area contributed by atoms with Gasteiger partial charge in [-0.3, -0.25) is 4.79 Å². The van der Waals surface area contributed by atoms with E-state index in [2.05, 4.69) is 4.72 Å². The van der Waals surface area contributed by atoms with E-state index in [-0.39, 0.29) is 11.5 Å². The van der Waals surface area contributed by atoms with E-state index in [0.717, 1.165) is 17.4 Å². The van der Waals surface area contributed by atoms with E-state index >= 15 is 0 Å². The van der Waals surface area contributed by atoms with Gasteiger partial charge >= 0.3 is 0 Å². The van der Waals surface area contributed by atoms with E-state index in [4.69, 9.17) is 4.74 Å². The number of nitrogens with one attached hydrogen (secondary N) is 1. The predicted octanol–water partition coefficient (Wildman–Crippen LogP) is 2.55. The SMILES string of the molecule is CCc1c(COc2ccc(C=O)cc2)cccc1S(=O)(=O)NC. The van der Waals surface area contributed by atoms with Crippen molar-refractivity contribution in [2.24, 2.45) is 0 Å². The highest BCUT2D eigenvalue weighted by Gasteiger charge is 2.18. The lowest BCUT2D eigenvalue weighted by atomic mass is 10.1. The van der Waals surface area contributed by atoms with Crippen LogP contribution in [-0.2, 0) is 23.1 Å². The highest BCUT2D eigenvalue weighted by molar-refractivity contribution is 7.89. The predicted molar refractivity (Wildman–Crippen MR) is 88.2 cm³/mol. The van der Waals surface area contributed by atoms with Crippen LogP contribution in [0.5, 0.6) is 5.75 Å². The Morgan fingerprint density at radius 3 is 2.39 bits per heavy atom. The number of carbonyl (C=O) groups excluding carboxylic acids is 1. The first-order valence-corrected chi connectivity index (χ1v) is 8.72. The summed E-state index contributed by atoms with van der Waals surface area (Å²) >= 11 is 0. The van der Waals surface area contributed by atoms with Gasteiger partial charge in [-0.25, -0.2) is 13.1 Å². The molecule has 1 N–H and O–H groups in total. The molecule has 2 aromatic rings. The first-order chi connectivity index (χ1) is 11.0. The Bertz CT molecular complexity index is 783. The minimum absolute atomic E-state index is 0.261. The van der Waals surface area contributed by atoms with Gasteiger partial charge in [0.25, 0.3) is 0 Å². The minimum atomic E-state index is -3.50. The summed E-state index contributed by atoms with van der Waals surface area (Å²) in [7, 11) is -2.10. The topological polar surface area (TPSA) is 72.5 Å². The van der Waals surface area contributed by atoms with Gasteiger partial charge in [0.05, 0.1) is 4.90 Å². The molecule has 0 fully saturated rings. The number of carbonyl (C=O) groups is 1. The van der Waals surface area contributed by atoms with Gasteiger partial charge in [0.2, 0.25) is 10.0 Å². The molecule has 23 heavy (non-hydrogen) atoms. The molecule has 0 aliphatic carbocycles. The molecule has 6 heteroatoms. The first-order valence-electron chi connectivity index (χ1n) is 7.24. The van der Waals surface area contributed by atoms with Gasteiger partial charge in [0.1, 0.15) is 18.6 Å². The van der Waals surface area contributed by atoms with Gasteiger partial charge < -0.3 is 4.74 Å². The summed E-state index contributed by atoms with van der Waals surface area (Å²) in [5.41, 5.74) is 2.14. The lowest BCUT2D eigenvalue weighted by Gasteiger charge is -2.14. The Morgan fingerprint density at radius 1 is 1.13 bits per heavy atom. The number of sulfonamides is 1. The quantitative estimate of drug-likeness (QED) is 0.790. The molecule has 0 unspecified atom stereocenters. The second-order valence-corrected chi connectivity index (χ2v) is 6.79. The maximum absolute atomic E-state index is 12.1. The van der Waals surface area contributed by atoms with Gasteiger partial charge in [-0.05, 0) is 54.9 Å². The van der Waals surface area contributed by atoms with Crippen molar-refractivity contribution in [3.63, 3.8) is 0 Å². The zero-order valence-corrected chi connectivity index (χ0v) is 13.9. The number of hydrogen-bond acceptors (Lipinski definition) is 4. The molecule has 0 amide bonds. The van der Waals surface area contributed by atoms with Crippen molar-refractivity contribution < 1.29 is 17.9 Å². The molecule has 2 aromatic carbocycles. The number of aldehydes is 1. The van der Waals surface area contributed by atoms with Gasteiger partial charge in [-0.1, -0.05) is 19.1 Å². The summed E-state index contributed by atoms with van der Waals surface area (Å²) in [6.45, 7) is 2.17. The Morgan fingerprint density at radius 2 is 1.83 bits per heavy atom. The standard InChI is InChI=1S/C17H19NO4S/c1-3-16-14(5-4-6-17(16)23(20,21)18-2)12-22-15-9-7-13(11-19)8-10-15/h4-11,18H,3,12H2,1-2H3. The first kappa shape index (κ1) is 17.2. The van der Waals surface area contributed by atoms with Crippen LogP contribution >= 0.6 is 0 Å². The Hall–Kier alpha value is -2.18. The van der Waals surface area contributed by atoms with E-state index in [1.165, 1.54) is 7.05 Å². The molecule has 2 rings (SSSR count). The smallest absolute Gasteiger partial charge is 0.240 e. The Labute approximate surface area is 136 Å². The molecular formula is C17H19NO4S. The van der Waals surface area contributed by atoms with Crippen LogP contribution in [0.15, 0.2) is 47.4 Å². The lowest BCUT2D eigenvalue weighted by molar-refractivity contribution is 0.112. The van der Waals surface area contributed by atoms with Crippen LogP contribution in [0.1, 0.15) is 28.4 Å². The largest absolute Gasteiger partial charge is 0.489 e. The summed E-state index contributed by atoms with van der Waals surface area (Å²) < 4.78 is 32.2. The second kappa shape index (κ2) is 7.39. The van der Waals surface area contributed by atoms with Crippen LogP contribution in [-0.4, -0.2) is 21.8 Å².